The fourth-order valence-electron chi connectivity index (χ4n) is 2.77. The van der Waals surface area contributed by atoms with Crippen molar-refractivity contribution in [2.75, 3.05) is 52.9 Å². The number of ether oxygens (including phenoxy) is 8. The molecule has 4 fully saturated rings. The molecule has 4 heterocycles. The first-order chi connectivity index (χ1) is 15.8. The molecule has 6 rings (SSSR count). The van der Waals surface area contributed by atoms with Gasteiger partial charge < -0.3 is 37.9 Å². The minimum absolute atomic E-state index is 0.264. The molecule has 0 bridgehead atoms. The minimum atomic E-state index is 0.264. The van der Waals surface area contributed by atoms with Gasteiger partial charge in [0.2, 0.25) is 0 Å². The van der Waals surface area contributed by atoms with Crippen molar-refractivity contribution in [2.24, 2.45) is 0 Å². The molecular formula is C24H28O8. The average molecular weight is 444 g/mol. The van der Waals surface area contributed by atoms with Crippen molar-refractivity contribution in [1.82, 2.24) is 0 Å². The van der Waals surface area contributed by atoms with Crippen molar-refractivity contribution in [3.8, 4) is 23.0 Å². The van der Waals surface area contributed by atoms with Crippen LogP contribution in [0, 0.1) is 0 Å². The molecular weight excluding hydrogens is 416 g/mol. The molecule has 32 heavy (non-hydrogen) atoms. The van der Waals surface area contributed by atoms with E-state index in [1.54, 1.807) is 0 Å². The minimum Gasteiger partial charge on any atom is -0.487 e. The Kier molecular flexibility index (Phi) is 6.93. The summed E-state index contributed by atoms with van der Waals surface area (Å²) in [5, 5.41) is 0. The smallest absolute Gasteiger partial charge is 0.161 e. The predicted molar refractivity (Wildman–Crippen MR) is 114 cm³/mol. The maximum atomic E-state index is 5.62. The van der Waals surface area contributed by atoms with Gasteiger partial charge in [-0.05, 0) is 24.3 Å². The Hall–Kier alpha value is -2.52. The van der Waals surface area contributed by atoms with E-state index in [-0.39, 0.29) is 24.4 Å². The molecule has 4 saturated heterocycles. The molecule has 2 aromatic rings. The van der Waals surface area contributed by atoms with Crippen LogP contribution in [0.3, 0.4) is 0 Å². The first-order valence-electron chi connectivity index (χ1n) is 11.0. The molecule has 2 aromatic carbocycles. The van der Waals surface area contributed by atoms with Crippen LogP contribution in [0.2, 0.25) is 0 Å². The molecule has 0 aliphatic carbocycles. The Labute approximate surface area is 187 Å². The summed E-state index contributed by atoms with van der Waals surface area (Å²) in [5.41, 5.74) is 0. The third kappa shape index (κ3) is 7.27. The van der Waals surface area contributed by atoms with Gasteiger partial charge in [0.05, 0.1) is 26.4 Å². The van der Waals surface area contributed by atoms with Crippen molar-refractivity contribution < 1.29 is 37.9 Å². The van der Waals surface area contributed by atoms with Gasteiger partial charge in [-0.2, -0.15) is 0 Å². The zero-order valence-electron chi connectivity index (χ0n) is 17.9. The summed E-state index contributed by atoms with van der Waals surface area (Å²) >= 11 is 0. The molecule has 4 aliphatic rings. The lowest BCUT2D eigenvalue weighted by Crippen LogP contribution is -2.08. The Morgan fingerprint density at radius 2 is 0.688 bits per heavy atom. The lowest BCUT2D eigenvalue weighted by molar-refractivity contribution is 0.228. The number of hydrogen-bond acceptors (Lipinski definition) is 8. The van der Waals surface area contributed by atoms with E-state index in [1.165, 1.54) is 0 Å². The van der Waals surface area contributed by atoms with E-state index in [2.05, 4.69) is 0 Å². The summed E-state index contributed by atoms with van der Waals surface area (Å²) in [6.45, 7) is 5.61. The van der Waals surface area contributed by atoms with Crippen LogP contribution in [0.4, 0.5) is 0 Å². The lowest BCUT2D eigenvalue weighted by Gasteiger charge is -2.10. The van der Waals surface area contributed by atoms with Gasteiger partial charge in [0.25, 0.3) is 0 Å². The Morgan fingerprint density at radius 3 is 0.875 bits per heavy atom. The lowest BCUT2D eigenvalue weighted by atomic mass is 10.3. The molecule has 8 nitrogen and oxygen atoms in total. The molecule has 0 amide bonds. The number of rotatable bonds is 12. The topological polar surface area (TPSA) is 87.0 Å². The van der Waals surface area contributed by atoms with Gasteiger partial charge in [-0.15, -0.1) is 0 Å². The van der Waals surface area contributed by atoms with E-state index < -0.39 is 0 Å². The quantitative estimate of drug-likeness (QED) is 0.462. The largest absolute Gasteiger partial charge is 0.487 e. The fraction of sp³-hybridized carbons (Fsp3) is 0.500. The van der Waals surface area contributed by atoms with Crippen LogP contribution in [0.25, 0.3) is 0 Å². The molecule has 0 aromatic heterocycles. The van der Waals surface area contributed by atoms with Gasteiger partial charge in [-0.1, -0.05) is 24.3 Å². The second-order valence-electron chi connectivity index (χ2n) is 7.96. The number of epoxide rings is 4. The summed E-state index contributed by atoms with van der Waals surface area (Å²) in [4.78, 5) is 0. The molecule has 172 valence electrons. The van der Waals surface area contributed by atoms with Gasteiger partial charge in [-0.3, -0.25) is 0 Å². The Balaban J connectivity index is 0.000000135. The van der Waals surface area contributed by atoms with E-state index in [4.69, 9.17) is 37.9 Å². The fourth-order valence-corrected chi connectivity index (χ4v) is 2.77. The number of hydrogen-bond donors (Lipinski definition) is 0. The molecule has 4 aliphatic heterocycles. The normalized spacial score (nSPS) is 26.2. The second-order valence-corrected chi connectivity index (χ2v) is 7.96. The van der Waals surface area contributed by atoms with E-state index >= 15 is 0 Å². The first kappa shape index (κ1) is 21.3. The molecule has 4 unspecified atom stereocenters. The highest BCUT2D eigenvalue weighted by Crippen LogP contribution is 2.29. The molecule has 0 N–H and O–H groups in total. The van der Waals surface area contributed by atoms with E-state index in [9.17, 15) is 0 Å². The monoisotopic (exact) mass is 444 g/mol. The van der Waals surface area contributed by atoms with Gasteiger partial charge in [0, 0.05) is 0 Å². The zero-order chi connectivity index (χ0) is 21.6. The molecule has 8 heteroatoms. The average Bonchev–Trinajstić information content (AvgIpc) is 3.66. The van der Waals surface area contributed by atoms with Crippen LogP contribution in [-0.4, -0.2) is 77.3 Å². The summed E-state index contributed by atoms with van der Waals surface area (Å²) in [6, 6.07) is 15.4. The highest BCUT2D eigenvalue weighted by Gasteiger charge is 2.26. The van der Waals surface area contributed by atoms with E-state index in [1.807, 2.05) is 48.5 Å². The standard InChI is InChI=1S/2C12H14O4/c2*1-2-4-12(16-8-10-6-14-10)11(3-1)15-7-9-5-13-9/h2*1-4,9-10H,5-8H2. The summed E-state index contributed by atoms with van der Waals surface area (Å²) < 4.78 is 42.9. The third-order valence-electron chi connectivity index (χ3n) is 5.01. The van der Waals surface area contributed by atoms with Crippen LogP contribution in [0.15, 0.2) is 48.5 Å². The van der Waals surface area contributed by atoms with E-state index in [0.717, 1.165) is 49.4 Å². The predicted octanol–water partition coefficient (Wildman–Crippen LogP) is 2.48. The van der Waals surface area contributed by atoms with Gasteiger partial charge in [0.1, 0.15) is 50.8 Å². The van der Waals surface area contributed by atoms with E-state index in [0.29, 0.717) is 26.4 Å². The van der Waals surface area contributed by atoms with Crippen molar-refractivity contribution in [1.29, 1.82) is 0 Å². The van der Waals surface area contributed by atoms with Gasteiger partial charge >= 0.3 is 0 Å². The summed E-state index contributed by atoms with van der Waals surface area (Å²) in [7, 11) is 0. The van der Waals surface area contributed by atoms with Crippen molar-refractivity contribution in [2.45, 2.75) is 24.4 Å². The molecule has 0 spiro atoms. The SMILES string of the molecule is c1ccc(OCC2CO2)c(OCC2CO2)c1.c1ccc(OCC2CO2)c(OCC2CO2)c1. The summed E-state index contributed by atoms with van der Waals surface area (Å²) in [6.07, 6.45) is 1.05. The van der Waals surface area contributed by atoms with Crippen molar-refractivity contribution in [3.63, 3.8) is 0 Å². The Morgan fingerprint density at radius 1 is 0.469 bits per heavy atom. The molecule has 0 saturated carbocycles. The maximum absolute atomic E-state index is 5.62. The van der Waals surface area contributed by atoms with Gasteiger partial charge in [0.15, 0.2) is 23.0 Å². The Bertz CT molecular complexity index is 717. The van der Waals surface area contributed by atoms with Crippen LogP contribution in [0.1, 0.15) is 0 Å². The van der Waals surface area contributed by atoms with Crippen molar-refractivity contribution in [3.05, 3.63) is 48.5 Å². The molecule has 0 radical (unpaired) electrons. The number of benzene rings is 2. The van der Waals surface area contributed by atoms with Crippen molar-refractivity contribution >= 4 is 0 Å². The summed E-state index contributed by atoms with van der Waals surface area (Å²) in [5.74, 6) is 3.11. The van der Waals surface area contributed by atoms with Crippen LogP contribution in [-0.2, 0) is 18.9 Å². The van der Waals surface area contributed by atoms with Crippen LogP contribution >= 0.6 is 0 Å². The second kappa shape index (κ2) is 10.4. The third-order valence-corrected chi connectivity index (χ3v) is 5.01. The highest BCUT2D eigenvalue weighted by atomic mass is 16.6. The van der Waals surface area contributed by atoms with Crippen LogP contribution in [0.5, 0.6) is 23.0 Å². The number of para-hydroxylation sites is 4. The van der Waals surface area contributed by atoms with Crippen LogP contribution < -0.4 is 18.9 Å². The zero-order valence-corrected chi connectivity index (χ0v) is 17.9. The molecule has 4 atom stereocenters. The highest BCUT2D eigenvalue weighted by molar-refractivity contribution is 5.40. The van der Waals surface area contributed by atoms with Gasteiger partial charge in [-0.25, -0.2) is 0 Å². The maximum Gasteiger partial charge on any atom is 0.161 e. The first-order valence-corrected chi connectivity index (χ1v) is 11.0.